The monoisotopic (exact) mass is 670 g/mol. The van der Waals surface area contributed by atoms with Crippen molar-refractivity contribution in [1.29, 1.82) is 0 Å². The summed E-state index contributed by atoms with van der Waals surface area (Å²) in [5.41, 5.74) is -3.71. The second-order valence-corrected chi connectivity index (χ2v) is 11.3. The second-order valence-electron chi connectivity index (χ2n) is 11.3. The molecular weight excluding hydrogens is 639 g/mol. The number of carbonyl (C=O) groups is 1. The molecule has 8 nitrogen and oxygen atoms in total. The number of benzene rings is 2. The lowest BCUT2D eigenvalue weighted by Crippen LogP contribution is -2.31. The lowest BCUT2D eigenvalue weighted by molar-refractivity contribution is -0.274. The SMILES string of the molecule is CCN(CCC(C)(C)CC(=O)O)c1ccc(OC(F)(F)F)cc1CN(Cc1cc(C(F)(F)F)cc(C(F)(F)F)c1)c1noc(C)n1. The van der Waals surface area contributed by atoms with E-state index in [2.05, 4.69) is 14.9 Å². The Hall–Kier alpha value is -4.18. The van der Waals surface area contributed by atoms with Crippen molar-refractivity contribution in [2.24, 2.45) is 5.41 Å². The van der Waals surface area contributed by atoms with E-state index in [1.165, 1.54) is 13.0 Å². The minimum Gasteiger partial charge on any atom is -0.481 e. The first-order valence-electron chi connectivity index (χ1n) is 13.8. The van der Waals surface area contributed by atoms with Crippen LogP contribution in [0.25, 0.3) is 0 Å². The van der Waals surface area contributed by atoms with Crippen molar-refractivity contribution < 1.29 is 58.7 Å². The van der Waals surface area contributed by atoms with Crippen molar-refractivity contribution in [2.75, 3.05) is 22.9 Å². The normalized spacial score (nSPS) is 12.7. The fraction of sp³-hybridized carbons (Fsp3) is 0.483. The summed E-state index contributed by atoms with van der Waals surface area (Å²) in [6.07, 6.45) is -15.1. The number of aryl methyl sites for hydroxylation is 1. The maximum Gasteiger partial charge on any atom is 0.573 e. The Labute approximate surface area is 257 Å². The second kappa shape index (κ2) is 13.7. The topological polar surface area (TPSA) is 91.9 Å². The number of carboxylic acid groups (broad SMARTS) is 1. The molecule has 0 unspecified atom stereocenters. The Morgan fingerprint density at radius 2 is 1.52 bits per heavy atom. The molecule has 46 heavy (non-hydrogen) atoms. The van der Waals surface area contributed by atoms with Gasteiger partial charge in [-0.3, -0.25) is 4.79 Å². The number of aromatic nitrogens is 2. The van der Waals surface area contributed by atoms with Gasteiger partial charge in [-0.05, 0) is 71.4 Å². The van der Waals surface area contributed by atoms with Crippen molar-refractivity contribution >= 4 is 17.6 Å². The Bertz CT molecular complexity index is 1470. The van der Waals surface area contributed by atoms with Gasteiger partial charge in [-0.15, -0.1) is 13.2 Å². The van der Waals surface area contributed by atoms with E-state index in [1.807, 2.05) is 0 Å². The van der Waals surface area contributed by atoms with E-state index in [9.17, 15) is 49.4 Å². The summed E-state index contributed by atoms with van der Waals surface area (Å²) in [7, 11) is 0. The number of ether oxygens (including phenoxy) is 1. The minimum absolute atomic E-state index is 0.00486. The molecule has 0 spiro atoms. The third kappa shape index (κ3) is 10.4. The van der Waals surface area contributed by atoms with E-state index in [1.54, 1.807) is 25.7 Å². The van der Waals surface area contributed by atoms with Crippen LogP contribution in [0, 0.1) is 12.3 Å². The standard InChI is InChI=1S/C29H31F9N4O4/c1-5-41(9-8-26(3,4)14-24(43)44)23-7-6-22(45-29(36,37)38)12-19(23)16-42(25-39-17(2)46-40-25)15-18-10-20(27(30,31)32)13-21(11-18)28(33,34)35/h6-7,10-13H,5,8-9,14-16H2,1-4H3,(H,43,44). The highest BCUT2D eigenvalue weighted by atomic mass is 19.4. The molecule has 1 heterocycles. The van der Waals surface area contributed by atoms with E-state index in [4.69, 9.17) is 4.52 Å². The first-order chi connectivity index (χ1) is 21.1. The van der Waals surface area contributed by atoms with Crippen LogP contribution in [-0.2, 0) is 30.2 Å². The molecule has 0 amide bonds. The fourth-order valence-electron chi connectivity index (χ4n) is 4.73. The number of aliphatic carboxylic acids is 1. The van der Waals surface area contributed by atoms with Crippen LogP contribution in [0.4, 0.5) is 51.1 Å². The maximum absolute atomic E-state index is 13.6. The van der Waals surface area contributed by atoms with Crippen molar-refractivity contribution in [2.45, 2.75) is 72.3 Å². The Morgan fingerprint density at radius 3 is 2.00 bits per heavy atom. The molecule has 0 saturated carbocycles. The van der Waals surface area contributed by atoms with Crippen LogP contribution in [0.1, 0.15) is 61.8 Å². The molecule has 3 rings (SSSR count). The van der Waals surface area contributed by atoms with E-state index >= 15 is 0 Å². The third-order valence-corrected chi connectivity index (χ3v) is 6.88. The van der Waals surface area contributed by atoms with Crippen LogP contribution in [0.3, 0.4) is 0 Å². The molecule has 254 valence electrons. The quantitative estimate of drug-likeness (QED) is 0.182. The van der Waals surface area contributed by atoms with Crippen LogP contribution in [0.2, 0.25) is 0 Å². The molecule has 0 fully saturated rings. The fourth-order valence-corrected chi connectivity index (χ4v) is 4.73. The average Bonchev–Trinajstić information content (AvgIpc) is 3.33. The average molecular weight is 671 g/mol. The maximum atomic E-state index is 13.6. The number of nitrogens with zero attached hydrogens (tertiary/aromatic N) is 4. The van der Waals surface area contributed by atoms with Gasteiger partial charge >= 0.3 is 24.7 Å². The van der Waals surface area contributed by atoms with Gasteiger partial charge in [-0.1, -0.05) is 13.8 Å². The lowest BCUT2D eigenvalue weighted by Gasteiger charge is -2.32. The van der Waals surface area contributed by atoms with Crippen LogP contribution in [0.15, 0.2) is 40.9 Å². The van der Waals surface area contributed by atoms with Crippen LogP contribution < -0.4 is 14.5 Å². The molecule has 2 aromatic carbocycles. The third-order valence-electron chi connectivity index (χ3n) is 6.88. The molecule has 0 aliphatic rings. The number of anilines is 2. The molecule has 1 aromatic heterocycles. The Balaban J connectivity index is 2.11. The zero-order valence-electron chi connectivity index (χ0n) is 25.1. The number of alkyl halides is 9. The molecule has 0 aliphatic carbocycles. The molecule has 1 N–H and O–H groups in total. The molecular formula is C29H31F9N4O4. The van der Waals surface area contributed by atoms with E-state index in [0.717, 1.165) is 17.0 Å². The van der Waals surface area contributed by atoms with E-state index in [0.29, 0.717) is 30.8 Å². The van der Waals surface area contributed by atoms with Gasteiger partial charge in [0.15, 0.2) is 0 Å². The largest absolute Gasteiger partial charge is 0.573 e. The molecule has 0 bridgehead atoms. The number of carboxylic acids is 1. The zero-order chi connectivity index (χ0) is 34.7. The van der Waals surface area contributed by atoms with Crippen molar-refractivity contribution in [3.8, 4) is 5.75 Å². The first kappa shape index (κ1) is 36.3. The summed E-state index contributed by atoms with van der Waals surface area (Å²) >= 11 is 0. The molecule has 3 aromatic rings. The highest BCUT2D eigenvalue weighted by Gasteiger charge is 2.37. The number of rotatable bonds is 13. The molecule has 0 saturated heterocycles. The summed E-state index contributed by atoms with van der Waals surface area (Å²) in [5.74, 6) is -1.89. The summed E-state index contributed by atoms with van der Waals surface area (Å²) in [6.45, 7) is 6.13. The molecule has 17 heteroatoms. The van der Waals surface area contributed by atoms with E-state index < -0.39 is 65.6 Å². The lowest BCUT2D eigenvalue weighted by atomic mass is 9.85. The summed E-state index contributed by atoms with van der Waals surface area (Å²) in [4.78, 5) is 18.2. The zero-order valence-corrected chi connectivity index (χ0v) is 25.1. The summed E-state index contributed by atoms with van der Waals surface area (Å²) in [5, 5.41) is 13.0. The molecule has 0 aliphatic heterocycles. The van der Waals surface area contributed by atoms with Gasteiger partial charge in [0.05, 0.1) is 17.5 Å². The van der Waals surface area contributed by atoms with Crippen molar-refractivity contribution in [3.63, 3.8) is 0 Å². The molecule has 0 atom stereocenters. The van der Waals surface area contributed by atoms with Gasteiger partial charge in [-0.25, -0.2) is 0 Å². The van der Waals surface area contributed by atoms with Crippen LogP contribution in [-0.4, -0.2) is 40.7 Å². The minimum atomic E-state index is -5.12. The highest BCUT2D eigenvalue weighted by molar-refractivity contribution is 5.67. The number of halogens is 9. The van der Waals surface area contributed by atoms with Crippen molar-refractivity contribution in [3.05, 3.63) is 64.5 Å². The van der Waals surface area contributed by atoms with Gasteiger partial charge in [0.25, 0.3) is 5.95 Å². The van der Waals surface area contributed by atoms with Crippen LogP contribution in [0.5, 0.6) is 5.75 Å². The number of hydrogen-bond donors (Lipinski definition) is 1. The summed E-state index contributed by atoms with van der Waals surface area (Å²) < 4.78 is 130. The van der Waals surface area contributed by atoms with Crippen molar-refractivity contribution in [1.82, 2.24) is 10.1 Å². The van der Waals surface area contributed by atoms with Gasteiger partial charge in [0.2, 0.25) is 5.89 Å². The van der Waals surface area contributed by atoms with Gasteiger partial charge in [-0.2, -0.15) is 31.3 Å². The Kier molecular flexibility index (Phi) is 10.8. The predicted octanol–water partition coefficient (Wildman–Crippen LogP) is 8.24. The highest BCUT2D eigenvalue weighted by Crippen LogP contribution is 2.38. The first-order valence-corrected chi connectivity index (χ1v) is 13.8. The van der Waals surface area contributed by atoms with Gasteiger partial charge < -0.3 is 24.2 Å². The van der Waals surface area contributed by atoms with Gasteiger partial charge in [0, 0.05) is 38.8 Å². The predicted molar refractivity (Wildman–Crippen MR) is 147 cm³/mol. The molecule has 0 radical (unpaired) electrons. The van der Waals surface area contributed by atoms with E-state index in [-0.39, 0.29) is 36.4 Å². The summed E-state index contributed by atoms with van der Waals surface area (Å²) in [6, 6.07) is 4.47. The number of hydrogen-bond acceptors (Lipinski definition) is 7. The smallest absolute Gasteiger partial charge is 0.481 e. The van der Waals surface area contributed by atoms with Gasteiger partial charge in [0.1, 0.15) is 5.75 Å². The Morgan fingerprint density at radius 1 is 0.913 bits per heavy atom. The van der Waals surface area contributed by atoms with Crippen LogP contribution >= 0.6 is 0 Å².